The van der Waals surface area contributed by atoms with Gasteiger partial charge in [0.05, 0.1) is 0 Å². The molecule has 0 aromatic carbocycles. The Bertz CT molecular complexity index is 169. The average Bonchev–Trinajstić information content (AvgIpc) is 2.16. The molecule has 0 heterocycles. The standard InChI is InChI=1S/C5H13N.C4H3NO2/c1-2-3-4-5-6;1-2-4(6)7-3-5/h2-6H2,1H3;2H,1H2. The van der Waals surface area contributed by atoms with Crippen molar-refractivity contribution in [2.45, 2.75) is 26.2 Å². The third-order valence-electron chi connectivity index (χ3n) is 1.12. The first-order chi connectivity index (χ1) is 6.22. The second-order valence-electron chi connectivity index (χ2n) is 2.21. The van der Waals surface area contributed by atoms with E-state index >= 15 is 0 Å². The second-order valence-corrected chi connectivity index (χ2v) is 2.21. The lowest BCUT2D eigenvalue weighted by molar-refractivity contribution is -0.131. The van der Waals surface area contributed by atoms with E-state index in [4.69, 9.17) is 11.0 Å². The lowest BCUT2D eigenvalue weighted by atomic mass is 10.3. The Balaban J connectivity index is 0. The summed E-state index contributed by atoms with van der Waals surface area (Å²) >= 11 is 0. The molecule has 4 heteroatoms. The fraction of sp³-hybridized carbons (Fsp3) is 0.556. The number of rotatable bonds is 4. The van der Waals surface area contributed by atoms with Gasteiger partial charge in [-0.05, 0) is 13.0 Å². The molecular formula is C9H16N2O2. The van der Waals surface area contributed by atoms with E-state index in [1.807, 2.05) is 0 Å². The van der Waals surface area contributed by atoms with Crippen LogP contribution in [0.4, 0.5) is 0 Å². The van der Waals surface area contributed by atoms with Crippen LogP contribution in [0, 0.1) is 11.5 Å². The number of ether oxygens (including phenoxy) is 1. The predicted molar refractivity (Wildman–Crippen MR) is 50.5 cm³/mol. The normalized spacial score (nSPS) is 7.46. The monoisotopic (exact) mass is 184 g/mol. The van der Waals surface area contributed by atoms with Crippen LogP contribution in [0.5, 0.6) is 0 Å². The summed E-state index contributed by atoms with van der Waals surface area (Å²) in [6.45, 7) is 6.08. The molecule has 0 saturated heterocycles. The van der Waals surface area contributed by atoms with Gasteiger partial charge < -0.3 is 10.5 Å². The van der Waals surface area contributed by atoms with E-state index in [2.05, 4.69) is 18.2 Å². The second kappa shape index (κ2) is 13.3. The molecule has 13 heavy (non-hydrogen) atoms. The van der Waals surface area contributed by atoms with Gasteiger partial charge >= 0.3 is 5.97 Å². The molecule has 0 bridgehead atoms. The maximum Gasteiger partial charge on any atom is 0.345 e. The Labute approximate surface area is 79.0 Å². The zero-order valence-corrected chi connectivity index (χ0v) is 7.95. The Morgan fingerprint density at radius 2 is 2.31 bits per heavy atom. The van der Waals surface area contributed by atoms with E-state index in [1.165, 1.54) is 25.5 Å². The first-order valence-corrected chi connectivity index (χ1v) is 4.15. The SMILES string of the molecule is C=CC(=O)OC#N.CCCCCN. The van der Waals surface area contributed by atoms with Crippen molar-refractivity contribution >= 4 is 5.97 Å². The first kappa shape index (κ1) is 14.2. The Hall–Kier alpha value is -1.34. The molecule has 0 rings (SSSR count). The molecule has 0 spiro atoms. The molecule has 0 aliphatic carbocycles. The zero-order chi connectivity index (χ0) is 10.5. The van der Waals surface area contributed by atoms with E-state index in [9.17, 15) is 4.79 Å². The molecule has 0 aromatic heterocycles. The van der Waals surface area contributed by atoms with Crippen molar-refractivity contribution < 1.29 is 9.53 Å². The number of nitrogens with two attached hydrogens (primary N) is 1. The highest BCUT2D eigenvalue weighted by atomic mass is 16.5. The first-order valence-electron chi connectivity index (χ1n) is 4.15. The Morgan fingerprint density at radius 3 is 2.46 bits per heavy atom. The lowest BCUT2D eigenvalue weighted by Crippen LogP contribution is -1.96. The summed E-state index contributed by atoms with van der Waals surface area (Å²) < 4.78 is 3.74. The fourth-order valence-corrected chi connectivity index (χ4v) is 0.481. The van der Waals surface area contributed by atoms with Crippen LogP contribution in [-0.4, -0.2) is 12.5 Å². The highest BCUT2D eigenvalue weighted by Gasteiger charge is 1.87. The van der Waals surface area contributed by atoms with Crippen LogP contribution < -0.4 is 5.73 Å². The average molecular weight is 184 g/mol. The van der Waals surface area contributed by atoms with Crippen LogP contribution in [0.3, 0.4) is 0 Å². The van der Waals surface area contributed by atoms with Crippen molar-refractivity contribution in [3.05, 3.63) is 12.7 Å². The highest BCUT2D eigenvalue weighted by Crippen LogP contribution is 1.88. The van der Waals surface area contributed by atoms with Crippen molar-refractivity contribution in [2.75, 3.05) is 6.54 Å². The maximum atomic E-state index is 9.85. The number of unbranched alkanes of at least 4 members (excludes halogenated alkanes) is 2. The van der Waals surface area contributed by atoms with Gasteiger partial charge in [0.2, 0.25) is 0 Å². The quantitative estimate of drug-likeness (QED) is 0.309. The third-order valence-corrected chi connectivity index (χ3v) is 1.12. The largest absolute Gasteiger partial charge is 0.347 e. The summed E-state index contributed by atoms with van der Waals surface area (Å²) in [5, 5.41) is 7.63. The number of carbonyl (C=O) groups is 1. The van der Waals surface area contributed by atoms with Gasteiger partial charge in [-0.1, -0.05) is 26.3 Å². The lowest BCUT2D eigenvalue weighted by Gasteiger charge is -1.86. The minimum Gasteiger partial charge on any atom is -0.347 e. The minimum atomic E-state index is -0.720. The molecule has 0 fully saturated rings. The van der Waals surface area contributed by atoms with Gasteiger partial charge in [0, 0.05) is 6.08 Å². The van der Waals surface area contributed by atoms with Crippen molar-refractivity contribution in [3.8, 4) is 6.26 Å². The molecule has 0 aliphatic rings. The van der Waals surface area contributed by atoms with Crippen LogP contribution in [0.1, 0.15) is 26.2 Å². The minimum absolute atomic E-state index is 0.720. The number of hydrogen-bond acceptors (Lipinski definition) is 4. The van der Waals surface area contributed by atoms with E-state index in [1.54, 1.807) is 0 Å². The van der Waals surface area contributed by atoms with Gasteiger partial charge in [-0.2, -0.15) is 0 Å². The zero-order valence-electron chi connectivity index (χ0n) is 7.95. The summed E-state index contributed by atoms with van der Waals surface area (Å²) in [5.41, 5.74) is 5.21. The van der Waals surface area contributed by atoms with E-state index in [-0.39, 0.29) is 0 Å². The molecule has 0 aromatic rings. The number of hydrogen-bond donors (Lipinski definition) is 1. The molecule has 0 amide bonds. The molecule has 0 saturated carbocycles. The van der Waals surface area contributed by atoms with E-state index in [0.29, 0.717) is 0 Å². The number of esters is 1. The van der Waals surface area contributed by atoms with Gasteiger partial charge in [-0.25, -0.2) is 4.79 Å². The summed E-state index contributed by atoms with van der Waals surface area (Å²) in [5.74, 6) is -0.720. The fourth-order valence-electron chi connectivity index (χ4n) is 0.481. The van der Waals surface area contributed by atoms with Crippen LogP contribution in [0.2, 0.25) is 0 Å². The molecule has 2 N–H and O–H groups in total. The van der Waals surface area contributed by atoms with Crippen molar-refractivity contribution in [1.82, 2.24) is 0 Å². The molecule has 0 unspecified atom stereocenters. The van der Waals surface area contributed by atoms with Gasteiger partial charge in [0.15, 0.2) is 0 Å². The van der Waals surface area contributed by atoms with Crippen LogP contribution in [-0.2, 0) is 9.53 Å². The smallest absolute Gasteiger partial charge is 0.345 e. The van der Waals surface area contributed by atoms with Gasteiger partial charge in [-0.15, -0.1) is 5.26 Å². The maximum absolute atomic E-state index is 9.85. The molecule has 4 nitrogen and oxygen atoms in total. The van der Waals surface area contributed by atoms with Gasteiger partial charge in [-0.3, -0.25) is 0 Å². The Kier molecular flexibility index (Phi) is 14.5. The molecule has 0 atom stereocenters. The molecule has 0 radical (unpaired) electrons. The number of nitriles is 1. The number of nitrogens with zero attached hydrogens (tertiary/aromatic N) is 1. The highest BCUT2D eigenvalue weighted by molar-refractivity contribution is 5.81. The van der Waals surface area contributed by atoms with Crippen LogP contribution >= 0.6 is 0 Å². The third kappa shape index (κ3) is 18.0. The van der Waals surface area contributed by atoms with E-state index < -0.39 is 5.97 Å². The number of carbonyl (C=O) groups excluding carboxylic acids is 1. The summed E-state index contributed by atoms with van der Waals surface area (Å²) in [4.78, 5) is 9.85. The summed E-state index contributed by atoms with van der Waals surface area (Å²) in [7, 11) is 0. The topological polar surface area (TPSA) is 76.1 Å². The van der Waals surface area contributed by atoms with Crippen LogP contribution in [0.15, 0.2) is 12.7 Å². The van der Waals surface area contributed by atoms with Gasteiger partial charge in [0.25, 0.3) is 6.26 Å². The predicted octanol–water partition coefficient (Wildman–Crippen LogP) is 1.33. The molecule has 74 valence electrons. The van der Waals surface area contributed by atoms with Crippen molar-refractivity contribution in [3.63, 3.8) is 0 Å². The van der Waals surface area contributed by atoms with Gasteiger partial charge in [0.1, 0.15) is 0 Å². The molecule has 0 aliphatic heterocycles. The van der Waals surface area contributed by atoms with Crippen molar-refractivity contribution in [1.29, 1.82) is 5.26 Å². The molecular weight excluding hydrogens is 168 g/mol. The van der Waals surface area contributed by atoms with Crippen LogP contribution in [0.25, 0.3) is 0 Å². The Morgan fingerprint density at radius 1 is 1.69 bits per heavy atom. The summed E-state index contributed by atoms with van der Waals surface area (Å²) in [6, 6.07) is 0. The van der Waals surface area contributed by atoms with Crippen molar-refractivity contribution in [2.24, 2.45) is 5.73 Å². The summed E-state index contributed by atoms with van der Waals surface area (Å²) in [6.07, 6.45) is 5.87. The van der Waals surface area contributed by atoms with E-state index in [0.717, 1.165) is 12.6 Å².